The van der Waals surface area contributed by atoms with Gasteiger partial charge in [-0.2, -0.15) is 0 Å². The number of hydrogen-bond donors (Lipinski definition) is 0. The molecular weight excluding hydrogens is 386 g/mol. The molecular formula is C10H32O2Si2Y2. The minimum atomic E-state index is -1.75. The topological polar surface area (TPSA) is 18.5 Å². The average Bonchev–Trinajstić information content (AvgIpc) is 1.88. The molecule has 0 aromatic rings. The van der Waals surface area contributed by atoms with Gasteiger partial charge in [0.2, 0.25) is 0 Å². The van der Waals surface area contributed by atoms with Crippen molar-refractivity contribution >= 4 is 16.9 Å². The van der Waals surface area contributed by atoms with Crippen molar-refractivity contribution in [3.63, 3.8) is 0 Å². The summed E-state index contributed by atoms with van der Waals surface area (Å²) in [6, 6.07) is 0. The Hall–Kier alpha value is 2.56. The van der Waals surface area contributed by atoms with E-state index in [1.165, 1.54) is 0 Å². The maximum Gasteiger partial charge on any atom is 0.321 e. The largest absolute Gasteiger partial charge is 0.436 e. The van der Waals surface area contributed by atoms with Crippen LogP contribution in [0.4, 0.5) is 0 Å². The fraction of sp³-hybridized carbons (Fsp3) is 1.00. The second-order valence-electron chi connectivity index (χ2n) is 3.82. The molecule has 0 aliphatic rings. The smallest absolute Gasteiger partial charge is 0.321 e. The van der Waals surface area contributed by atoms with Gasteiger partial charge in [-0.3, -0.25) is 0 Å². The molecule has 0 aliphatic carbocycles. The molecule has 0 aromatic heterocycles. The summed E-state index contributed by atoms with van der Waals surface area (Å²) in [6.45, 7) is 14.7. The second kappa shape index (κ2) is 17.6. The molecule has 0 rings (SSSR count). The third-order valence-corrected chi connectivity index (χ3v) is 6.44. The van der Waals surface area contributed by atoms with Crippen LogP contribution in [-0.4, -0.2) is 24.0 Å². The molecule has 2 nitrogen and oxygen atoms in total. The fourth-order valence-corrected chi connectivity index (χ4v) is 7.01. The van der Waals surface area contributed by atoms with Crippen molar-refractivity contribution in [3.8, 4) is 0 Å². The molecule has 0 saturated heterocycles. The first-order chi connectivity index (χ1) is 5.27. The summed E-state index contributed by atoms with van der Waals surface area (Å²) in [4.78, 5) is 0. The Morgan fingerprint density at radius 3 is 1.06 bits per heavy atom. The van der Waals surface area contributed by atoms with Crippen molar-refractivity contribution < 1.29 is 74.0 Å². The van der Waals surface area contributed by atoms with E-state index in [1.54, 1.807) is 7.11 Å². The molecule has 0 atom stereocenters. The standard InChI is InChI=1S/C6H18O2Si2.C2H6.2CH4.2Y/c1-7-10(5,6)8-9(2,3)4;1-2;;;;/h1-6H3;1-2H3;2*1H4;;. The Kier molecular flexibility index (Phi) is 39.8. The van der Waals surface area contributed by atoms with Gasteiger partial charge in [0.1, 0.15) is 0 Å². The molecule has 0 heterocycles. The van der Waals surface area contributed by atoms with E-state index in [4.69, 9.17) is 8.54 Å². The van der Waals surface area contributed by atoms with Crippen LogP contribution in [0.5, 0.6) is 0 Å². The Labute approximate surface area is 157 Å². The first kappa shape index (κ1) is 36.3. The summed E-state index contributed by atoms with van der Waals surface area (Å²) in [7, 11) is -1.40. The molecule has 0 spiro atoms. The number of rotatable bonds is 3. The molecule has 2 radical (unpaired) electrons. The molecule has 0 amide bonds. The van der Waals surface area contributed by atoms with Gasteiger partial charge >= 0.3 is 8.56 Å². The maximum atomic E-state index is 5.83. The van der Waals surface area contributed by atoms with Crippen molar-refractivity contribution in [1.29, 1.82) is 0 Å². The van der Waals surface area contributed by atoms with Gasteiger partial charge in [-0.15, -0.1) is 0 Å². The Bertz CT molecular complexity index is 118. The van der Waals surface area contributed by atoms with E-state index < -0.39 is 16.9 Å². The quantitative estimate of drug-likeness (QED) is 0.630. The molecule has 0 aromatic carbocycles. The molecule has 0 saturated carbocycles. The van der Waals surface area contributed by atoms with Crippen molar-refractivity contribution in [2.45, 2.75) is 61.4 Å². The molecule has 0 unspecified atom stereocenters. The minimum absolute atomic E-state index is 0. The van der Waals surface area contributed by atoms with Crippen LogP contribution in [0.2, 0.25) is 32.7 Å². The summed E-state index contributed by atoms with van der Waals surface area (Å²) in [5.74, 6) is 0. The predicted molar refractivity (Wildman–Crippen MR) is 73.7 cm³/mol. The van der Waals surface area contributed by atoms with Crippen LogP contribution in [0.3, 0.4) is 0 Å². The molecule has 98 valence electrons. The SMILES string of the molecule is C.C.CC.CO[Si](C)(C)O[Si](C)(C)C.[Y].[Y]. The first-order valence-electron chi connectivity index (χ1n) is 4.52. The van der Waals surface area contributed by atoms with E-state index in [9.17, 15) is 0 Å². The van der Waals surface area contributed by atoms with Crippen LogP contribution in [0, 0.1) is 0 Å². The summed E-state index contributed by atoms with van der Waals surface area (Å²) in [5.41, 5.74) is 0. The van der Waals surface area contributed by atoms with Crippen LogP contribution < -0.4 is 0 Å². The Morgan fingerprint density at radius 1 is 0.750 bits per heavy atom. The van der Waals surface area contributed by atoms with E-state index in [0.29, 0.717) is 0 Å². The zero-order chi connectivity index (χ0) is 10.4. The summed E-state index contributed by atoms with van der Waals surface area (Å²) < 4.78 is 11.1. The van der Waals surface area contributed by atoms with E-state index in [-0.39, 0.29) is 80.3 Å². The predicted octanol–water partition coefficient (Wildman–Crippen LogP) is 4.48. The third kappa shape index (κ3) is 30.0. The van der Waals surface area contributed by atoms with Gasteiger partial charge in [0.25, 0.3) is 0 Å². The van der Waals surface area contributed by atoms with Crippen molar-refractivity contribution in [2.24, 2.45) is 0 Å². The van der Waals surface area contributed by atoms with Gasteiger partial charge < -0.3 is 8.54 Å². The monoisotopic (exact) mass is 418 g/mol. The summed E-state index contributed by atoms with van der Waals surface area (Å²) in [6.07, 6.45) is 0. The molecule has 0 aliphatic heterocycles. The average molecular weight is 418 g/mol. The normalized spacial score (nSPS) is 9.00. The zero-order valence-electron chi connectivity index (χ0n) is 11.0. The fourth-order valence-electron chi connectivity index (χ4n) is 0.779. The van der Waals surface area contributed by atoms with Crippen molar-refractivity contribution in [2.75, 3.05) is 7.11 Å². The van der Waals surface area contributed by atoms with Crippen LogP contribution in [0.15, 0.2) is 0 Å². The molecule has 6 heteroatoms. The third-order valence-electron chi connectivity index (χ3n) is 1.04. The van der Waals surface area contributed by atoms with Gasteiger partial charge in [-0.1, -0.05) is 28.7 Å². The van der Waals surface area contributed by atoms with Crippen LogP contribution in [-0.2, 0) is 74.0 Å². The summed E-state index contributed by atoms with van der Waals surface area (Å²) >= 11 is 0. The van der Waals surface area contributed by atoms with Gasteiger partial charge in [0.15, 0.2) is 8.32 Å². The van der Waals surface area contributed by atoms with Crippen LogP contribution in [0.1, 0.15) is 28.7 Å². The van der Waals surface area contributed by atoms with Crippen LogP contribution in [0.25, 0.3) is 0 Å². The molecule has 0 fully saturated rings. The molecule has 0 bridgehead atoms. The van der Waals surface area contributed by atoms with Gasteiger partial charge in [0.05, 0.1) is 0 Å². The number of hydrogen-bond acceptors (Lipinski definition) is 2. The Morgan fingerprint density at radius 2 is 1.00 bits per heavy atom. The van der Waals surface area contributed by atoms with Crippen LogP contribution >= 0.6 is 0 Å². The van der Waals surface area contributed by atoms with E-state index in [2.05, 4.69) is 32.7 Å². The van der Waals surface area contributed by atoms with Gasteiger partial charge in [0, 0.05) is 72.5 Å². The summed E-state index contributed by atoms with van der Waals surface area (Å²) in [5, 5.41) is 0. The maximum absolute atomic E-state index is 5.83. The van der Waals surface area contributed by atoms with Crippen molar-refractivity contribution in [3.05, 3.63) is 0 Å². The van der Waals surface area contributed by atoms with Gasteiger partial charge in [-0.05, 0) is 32.7 Å². The van der Waals surface area contributed by atoms with Gasteiger partial charge in [-0.25, -0.2) is 0 Å². The zero-order valence-corrected chi connectivity index (χ0v) is 18.6. The second-order valence-corrected chi connectivity index (χ2v) is 12.1. The minimum Gasteiger partial charge on any atom is -0.436 e. The Balaban J connectivity index is -0.0000000393. The first-order valence-corrected chi connectivity index (χ1v) is 10.7. The molecule has 16 heavy (non-hydrogen) atoms. The van der Waals surface area contributed by atoms with E-state index in [0.717, 1.165) is 0 Å². The van der Waals surface area contributed by atoms with E-state index in [1.807, 2.05) is 13.8 Å². The molecule has 0 N–H and O–H groups in total. The van der Waals surface area contributed by atoms with E-state index >= 15 is 0 Å². The van der Waals surface area contributed by atoms with Crippen molar-refractivity contribution in [1.82, 2.24) is 0 Å².